The number of carbonyl (C=O) groups excluding carboxylic acids is 1. The highest BCUT2D eigenvalue weighted by Gasteiger charge is 2.16. The minimum Gasteiger partial charge on any atom is -0.451 e. The zero-order valence-electron chi connectivity index (χ0n) is 14.8. The first-order chi connectivity index (χ1) is 13.2. The van der Waals surface area contributed by atoms with Gasteiger partial charge in [-0.05, 0) is 37.3 Å². The van der Waals surface area contributed by atoms with E-state index in [1.165, 1.54) is 12.1 Å². The summed E-state index contributed by atoms with van der Waals surface area (Å²) < 4.78 is 29.5. The molecule has 4 aromatic rings. The van der Waals surface area contributed by atoms with Crippen LogP contribution in [0.5, 0.6) is 0 Å². The summed E-state index contributed by atoms with van der Waals surface area (Å²) in [6.45, 7) is 1.86. The second-order valence-electron chi connectivity index (χ2n) is 6.35. The van der Waals surface area contributed by atoms with Gasteiger partial charge >= 0.3 is 0 Å². The van der Waals surface area contributed by atoms with Crippen LogP contribution in [0.15, 0.2) is 56.6 Å². The number of amides is 1. The summed E-state index contributed by atoms with van der Waals surface area (Å²) in [5.41, 5.74) is 1.49. The van der Waals surface area contributed by atoms with E-state index in [0.29, 0.717) is 21.2 Å². The first kappa shape index (κ1) is 18.3. The van der Waals surface area contributed by atoms with Gasteiger partial charge in [0.2, 0.25) is 0 Å². The van der Waals surface area contributed by atoms with Gasteiger partial charge in [-0.15, -0.1) is 0 Å². The van der Waals surface area contributed by atoms with Crippen molar-refractivity contribution in [2.45, 2.75) is 11.8 Å². The molecule has 4 rings (SSSR count). The number of carbonyl (C=O) groups is 1. The van der Waals surface area contributed by atoms with E-state index in [1.807, 2.05) is 6.92 Å². The van der Waals surface area contributed by atoms with Crippen LogP contribution in [0.25, 0.3) is 21.2 Å². The molecule has 0 aliphatic heterocycles. The van der Waals surface area contributed by atoms with Crippen LogP contribution in [0.3, 0.4) is 0 Å². The molecule has 0 aliphatic rings. The van der Waals surface area contributed by atoms with Gasteiger partial charge in [-0.25, -0.2) is 13.4 Å². The summed E-state index contributed by atoms with van der Waals surface area (Å²) in [6.07, 6.45) is 1.13. The van der Waals surface area contributed by atoms with Gasteiger partial charge in [-0.1, -0.05) is 23.0 Å². The molecule has 2 aromatic heterocycles. The van der Waals surface area contributed by atoms with Crippen LogP contribution in [0, 0.1) is 6.92 Å². The highest BCUT2D eigenvalue weighted by atomic mass is 32.2. The standard InChI is InChI=1S/C19H14N2O5S2/c1-10-3-6-15-12(7-10)14(22)9-16(26-15)18(23)21-19-20-13-5-4-11(28(2,24)25)8-17(13)27-19/h3-9H,1-2H3,(H,20,21,23). The van der Waals surface area contributed by atoms with Crippen molar-refractivity contribution in [2.75, 3.05) is 11.6 Å². The van der Waals surface area contributed by atoms with Crippen molar-refractivity contribution in [3.63, 3.8) is 0 Å². The third-order valence-corrected chi connectivity index (χ3v) is 6.16. The lowest BCUT2D eigenvalue weighted by molar-refractivity contribution is 0.0997. The third kappa shape index (κ3) is 3.41. The van der Waals surface area contributed by atoms with E-state index in [4.69, 9.17) is 4.42 Å². The minimum absolute atomic E-state index is 0.127. The molecule has 2 heterocycles. The molecule has 142 valence electrons. The molecule has 0 saturated carbocycles. The summed E-state index contributed by atoms with van der Waals surface area (Å²) in [4.78, 5) is 29.2. The van der Waals surface area contributed by atoms with Crippen molar-refractivity contribution < 1.29 is 17.6 Å². The first-order valence-corrected chi connectivity index (χ1v) is 10.9. The number of thiazole rings is 1. The number of anilines is 1. The van der Waals surface area contributed by atoms with Crippen molar-refractivity contribution in [3.05, 3.63) is 64.0 Å². The average Bonchev–Trinajstić information content (AvgIpc) is 3.02. The Hall–Kier alpha value is -3.04. The number of nitrogens with one attached hydrogen (secondary N) is 1. The summed E-state index contributed by atoms with van der Waals surface area (Å²) in [7, 11) is -3.34. The summed E-state index contributed by atoms with van der Waals surface area (Å²) >= 11 is 1.13. The number of aryl methyl sites for hydroxylation is 1. The van der Waals surface area contributed by atoms with Crippen molar-refractivity contribution in [2.24, 2.45) is 0 Å². The van der Waals surface area contributed by atoms with Gasteiger partial charge in [0.15, 0.2) is 26.2 Å². The molecule has 0 aliphatic carbocycles. The molecule has 28 heavy (non-hydrogen) atoms. The number of rotatable bonds is 3. The molecule has 1 N–H and O–H groups in total. The maximum Gasteiger partial charge on any atom is 0.293 e. The predicted molar refractivity (Wildman–Crippen MR) is 108 cm³/mol. The van der Waals surface area contributed by atoms with Crippen molar-refractivity contribution in [3.8, 4) is 0 Å². The fraction of sp³-hybridized carbons (Fsp3) is 0.105. The van der Waals surface area contributed by atoms with Crippen molar-refractivity contribution in [1.82, 2.24) is 4.98 Å². The second-order valence-corrected chi connectivity index (χ2v) is 9.40. The third-order valence-electron chi connectivity index (χ3n) is 4.11. The Balaban J connectivity index is 1.67. The lowest BCUT2D eigenvalue weighted by atomic mass is 10.1. The Morgan fingerprint density at radius 1 is 1.14 bits per heavy atom. The zero-order chi connectivity index (χ0) is 20.1. The molecule has 0 unspecified atom stereocenters. The Morgan fingerprint density at radius 2 is 1.93 bits per heavy atom. The topological polar surface area (TPSA) is 106 Å². The quantitative estimate of drug-likeness (QED) is 0.551. The molecule has 2 aromatic carbocycles. The average molecular weight is 414 g/mol. The van der Waals surface area contributed by atoms with Crippen molar-refractivity contribution in [1.29, 1.82) is 0 Å². The minimum atomic E-state index is -3.34. The number of nitrogens with zero attached hydrogens (tertiary/aromatic N) is 1. The molecular formula is C19H14N2O5S2. The molecule has 0 atom stereocenters. The van der Waals surface area contributed by atoms with E-state index >= 15 is 0 Å². The molecule has 1 amide bonds. The van der Waals surface area contributed by atoms with Gasteiger partial charge in [-0.2, -0.15) is 0 Å². The van der Waals surface area contributed by atoms with Crippen LogP contribution in [0.2, 0.25) is 0 Å². The Labute approximate surface area is 163 Å². The maximum atomic E-state index is 12.5. The molecule has 0 fully saturated rings. The van der Waals surface area contributed by atoms with Crippen LogP contribution in [-0.4, -0.2) is 25.6 Å². The van der Waals surface area contributed by atoms with Crippen molar-refractivity contribution >= 4 is 53.4 Å². The summed E-state index contributed by atoms with van der Waals surface area (Å²) in [5.74, 6) is -0.737. The van der Waals surface area contributed by atoms with Gasteiger partial charge in [0, 0.05) is 12.3 Å². The van der Waals surface area contributed by atoms with E-state index in [1.54, 1.807) is 24.3 Å². The summed E-state index contributed by atoms with van der Waals surface area (Å²) in [5, 5.41) is 3.28. The smallest absolute Gasteiger partial charge is 0.293 e. The van der Waals surface area contributed by atoms with E-state index in [9.17, 15) is 18.0 Å². The number of fused-ring (bicyclic) bond motifs is 2. The van der Waals surface area contributed by atoms with Gasteiger partial charge < -0.3 is 4.42 Å². The maximum absolute atomic E-state index is 12.5. The number of hydrogen-bond donors (Lipinski definition) is 1. The normalized spacial score (nSPS) is 11.8. The van der Waals surface area contributed by atoms with Gasteiger partial charge in [0.1, 0.15) is 5.58 Å². The zero-order valence-corrected chi connectivity index (χ0v) is 16.5. The fourth-order valence-electron chi connectivity index (χ4n) is 2.73. The lowest BCUT2D eigenvalue weighted by Gasteiger charge is -2.03. The second kappa shape index (κ2) is 6.54. The summed E-state index contributed by atoms with van der Waals surface area (Å²) in [6, 6.07) is 10.8. The largest absolute Gasteiger partial charge is 0.451 e. The number of aromatic nitrogens is 1. The SMILES string of the molecule is Cc1ccc2oc(C(=O)Nc3nc4ccc(S(C)(=O)=O)cc4s3)cc(=O)c2c1. The van der Waals surface area contributed by atoms with E-state index in [-0.39, 0.29) is 21.2 Å². The molecule has 0 spiro atoms. The highest BCUT2D eigenvalue weighted by Crippen LogP contribution is 2.28. The Morgan fingerprint density at radius 3 is 2.68 bits per heavy atom. The van der Waals surface area contributed by atoms with E-state index in [0.717, 1.165) is 29.2 Å². The first-order valence-electron chi connectivity index (χ1n) is 8.17. The van der Waals surface area contributed by atoms with Gasteiger partial charge in [-0.3, -0.25) is 14.9 Å². The molecule has 9 heteroatoms. The Bertz CT molecular complexity index is 1420. The monoisotopic (exact) mass is 414 g/mol. The number of hydrogen-bond acceptors (Lipinski definition) is 7. The Kier molecular flexibility index (Phi) is 4.28. The number of benzene rings is 2. The van der Waals surface area contributed by atoms with E-state index in [2.05, 4.69) is 10.3 Å². The van der Waals surface area contributed by atoms with Crippen LogP contribution in [-0.2, 0) is 9.84 Å². The predicted octanol–water partition coefficient (Wildman–Crippen LogP) is 3.37. The molecule has 0 saturated heterocycles. The molecular weight excluding hydrogens is 400 g/mol. The highest BCUT2D eigenvalue weighted by molar-refractivity contribution is 7.90. The van der Waals surface area contributed by atoms with Crippen LogP contribution >= 0.6 is 11.3 Å². The lowest BCUT2D eigenvalue weighted by Crippen LogP contribution is -2.14. The van der Waals surface area contributed by atoms with Crippen LogP contribution < -0.4 is 10.7 Å². The molecule has 0 bridgehead atoms. The van der Waals surface area contributed by atoms with Crippen LogP contribution in [0.4, 0.5) is 5.13 Å². The fourth-order valence-corrected chi connectivity index (χ4v) is 4.35. The van der Waals surface area contributed by atoms with E-state index < -0.39 is 15.7 Å². The van der Waals surface area contributed by atoms with Gasteiger partial charge in [0.05, 0.1) is 20.5 Å². The van der Waals surface area contributed by atoms with Gasteiger partial charge in [0.25, 0.3) is 5.91 Å². The molecule has 0 radical (unpaired) electrons. The number of sulfone groups is 1. The molecule has 7 nitrogen and oxygen atoms in total. The van der Waals surface area contributed by atoms with Crippen LogP contribution in [0.1, 0.15) is 16.1 Å².